The van der Waals surface area contributed by atoms with Gasteiger partial charge in [-0.2, -0.15) is 0 Å². The number of esters is 1. The Morgan fingerprint density at radius 1 is 1.50 bits per heavy atom. The van der Waals surface area contributed by atoms with Crippen LogP contribution in [-0.2, 0) is 9.53 Å². The molecule has 0 aromatic carbocycles. The summed E-state index contributed by atoms with van der Waals surface area (Å²) in [5.41, 5.74) is 0. The molecule has 14 heavy (non-hydrogen) atoms. The van der Waals surface area contributed by atoms with Gasteiger partial charge in [-0.1, -0.05) is 6.42 Å². The first-order chi connectivity index (χ1) is 6.74. The van der Waals surface area contributed by atoms with E-state index in [2.05, 4.69) is 16.6 Å². The number of ether oxygens (including phenoxy) is 1. The molecule has 1 heterocycles. The number of methoxy groups -OCH3 is 1. The first-order valence-electron chi connectivity index (χ1n) is 5.55. The van der Waals surface area contributed by atoms with Crippen molar-refractivity contribution in [2.45, 2.75) is 45.1 Å². The second kappa shape index (κ2) is 6.02. The Balaban J connectivity index is 2.13. The van der Waals surface area contributed by atoms with E-state index in [0.717, 1.165) is 13.0 Å². The average molecular weight is 199 g/mol. The molecule has 0 amide bonds. The molecular weight excluding hydrogens is 178 g/mol. The fourth-order valence-electron chi connectivity index (χ4n) is 2.02. The lowest BCUT2D eigenvalue weighted by molar-refractivity contribution is -0.140. The van der Waals surface area contributed by atoms with Gasteiger partial charge in [0, 0.05) is 12.5 Å². The van der Waals surface area contributed by atoms with Gasteiger partial charge >= 0.3 is 5.97 Å². The van der Waals surface area contributed by atoms with Gasteiger partial charge in [-0.25, -0.2) is 0 Å². The summed E-state index contributed by atoms with van der Waals surface area (Å²) in [4.78, 5) is 13.4. The Morgan fingerprint density at radius 2 is 2.29 bits per heavy atom. The molecule has 1 fully saturated rings. The van der Waals surface area contributed by atoms with Gasteiger partial charge in [0.05, 0.1) is 7.11 Å². The van der Waals surface area contributed by atoms with Crippen LogP contribution in [0.2, 0.25) is 0 Å². The molecule has 3 nitrogen and oxygen atoms in total. The van der Waals surface area contributed by atoms with Crippen LogP contribution in [0.1, 0.15) is 39.0 Å². The summed E-state index contributed by atoms with van der Waals surface area (Å²) >= 11 is 0. The predicted molar refractivity (Wildman–Crippen MR) is 56.1 cm³/mol. The van der Waals surface area contributed by atoms with Crippen LogP contribution in [0.3, 0.4) is 0 Å². The summed E-state index contributed by atoms with van der Waals surface area (Å²) in [6.07, 6.45) is 5.45. The highest BCUT2D eigenvalue weighted by Gasteiger charge is 2.17. The molecule has 1 aliphatic rings. The lowest BCUT2D eigenvalue weighted by Gasteiger charge is -2.33. The van der Waals surface area contributed by atoms with Crippen LogP contribution in [-0.4, -0.2) is 37.1 Å². The minimum atomic E-state index is -0.0883. The Labute approximate surface area is 86.4 Å². The van der Waals surface area contributed by atoms with Gasteiger partial charge in [0.15, 0.2) is 0 Å². The van der Waals surface area contributed by atoms with Gasteiger partial charge in [0.2, 0.25) is 0 Å². The molecule has 1 atom stereocenters. The summed E-state index contributed by atoms with van der Waals surface area (Å²) in [5, 5.41) is 0. The van der Waals surface area contributed by atoms with E-state index in [1.165, 1.54) is 32.9 Å². The van der Waals surface area contributed by atoms with Crippen molar-refractivity contribution in [3.05, 3.63) is 0 Å². The van der Waals surface area contributed by atoms with E-state index in [9.17, 15) is 4.79 Å². The van der Waals surface area contributed by atoms with Gasteiger partial charge in [-0.15, -0.1) is 0 Å². The lowest BCUT2D eigenvalue weighted by atomic mass is 10.0. The maximum Gasteiger partial charge on any atom is 0.305 e. The van der Waals surface area contributed by atoms with Gasteiger partial charge in [0.1, 0.15) is 0 Å². The molecule has 3 heteroatoms. The van der Waals surface area contributed by atoms with Crippen LogP contribution in [0, 0.1) is 0 Å². The molecule has 0 aromatic rings. The monoisotopic (exact) mass is 199 g/mol. The largest absolute Gasteiger partial charge is 0.469 e. The van der Waals surface area contributed by atoms with Crippen molar-refractivity contribution in [3.63, 3.8) is 0 Å². The van der Waals surface area contributed by atoms with Gasteiger partial charge in [-0.3, -0.25) is 4.79 Å². The Morgan fingerprint density at radius 3 is 2.93 bits per heavy atom. The second-order valence-electron chi connectivity index (χ2n) is 4.06. The Bertz CT molecular complexity index is 182. The van der Waals surface area contributed by atoms with Crippen LogP contribution in [0.4, 0.5) is 0 Å². The highest BCUT2D eigenvalue weighted by Crippen LogP contribution is 2.16. The normalized spacial score (nSPS) is 23.4. The summed E-state index contributed by atoms with van der Waals surface area (Å²) in [6, 6.07) is 0.696. The summed E-state index contributed by atoms with van der Waals surface area (Å²) in [5.74, 6) is -0.0883. The molecule has 1 saturated heterocycles. The number of piperidine rings is 1. The highest BCUT2D eigenvalue weighted by molar-refractivity contribution is 5.69. The Hall–Kier alpha value is -0.570. The van der Waals surface area contributed by atoms with E-state index < -0.39 is 0 Å². The molecule has 82 valence electrons. The SMILES string of the molecule is COC(=O)CCCN1CCCC[C@H]1C. The molecule has 0 aromatic heterocycles. The van der Waals surface area contributed by atoms with Gasteiger partial charge in [0.25, 0.3) is 0 Å². The number of hydrogen-bond acceptors (Lipinski definition) is 3. The van der Waals surface area contributed by atoms with Crippen molar-refractivity contribution in [1.29, 1.82) is 0 Å². The third-order valence-electron chi connectivity index (χ3n) is 2.99. The zero-order chi connectivity index (χ0) is 10.4. The van der Waals surface area contributed by atoms with Crippen molar-refractivity contribution < 1.29 is 9.53 Å². The molecular formula is C11H21NO2. The van der Waals surface area contributed by atoms with E-state index in [-0.39, 0.29) is 5.97 Å². The number of rotatable bonds is 4. The van der Waals surface area contributed by atoms with Crippen molar-refractivity contribution in [2.24, 2.45) is 0 Å². The van der Waals surface area contributed by atoms with Crippen LogP contribution < -0.4 is 0 Å². The molecule has 0 unspecified atom stereocenters. The van der Waals surface area contributed by atoms with E-state index in [0.29, 0.717) is 12.5 Å². The number of nitrogens with zero attached hydrogens (tertiary/aromatic N) is 1. The molecule has 0 spiro atoms. The van der Waals surface area contributed by atoms with Crippen molar-refractivity contribution in [3.8, 4) is 0 Å². The third-order valence-corrected chi connectivity index (χ3v) is 2.99. The summed E-state index contributed by atoms with van der Waals surface area (Å²) in [6.45, 7) is 4.51. The van der Waals surface area contributed by atoms with Gasteiger partial charge in [-0.05, 0) is 39.3 Å². The number of carbonyl (C=O) groups is 1. The van der Waals surface area contributed by atoms with Crippen molar-refractivity contribution >= 4 is 5.97 Å². The fraction of sp³-hybridized carbons (Fsp3) is 0.909. The first kappa shape index (κ1) is 11.5. The molecule has 0 N–H and O–H groups in total. The van der Waals surface area contributed by atoms with E-state index in [1.807, 2.05) is 0 Å². The van der Waals surface area contributed by atoms with E-state index >= 15 is 0 Å². The number of hydrogen-bond donors (Lipinski definition) is 0. The highest BCUT2D eigenvalue weighted by atomic mass is 16.5. The zero-order valence-corrected chi connectivity index (χ0v) is 9.29. The third kappa shape index (κ3) is 3.66. The first-order valence-corrected chi connectivity index (χ1v) is 5.55. The Kier molecular flexibility index (Phi) is 4.94. The molecule has 0 radical (unpaired) electrons. The molecule has 0 bridgehead atoms. The van der Waals surface area contributed by atoms with E-state index in [4.69, 9.17) is 0 Å². The smallest absolute Gasteiger partial charge is 0.305 e. The topological polar surface area (TPSA) is 29.5 Å². The van der Waals surface area contributed by atoms with Crippen molar-refractivity contribution in [1.82, 2.24) is 4.90 Å². The van der Waals surface area contributed by atoms with Crippen LogP contribution in [0.25, 0.3) is 0 Å². The molecule has 0 saturated carbocycles. The van der Waals surface area contributed by atoms with E-state index in [1.54, 1.807) is 0 Å². The van der Waals surface area contributed by atoms with Crippen LogP contribution >= 0.6 is 0 Å². The minimum Gasteiger partial charge on any atom is -0.469 e. The van der Waals surface area contributed by atoms with Crippen LogP contribution in [0.15, 0.2) is 0 Å². The standard InChI is InChI=1S/C11H21NO2/c1-10-6-3-4-8-12(10)9-5-7-11(13)14-2/h10H,3-9H2,1-2H3/t10-/m1/s1. The molecule has 1 rings (SSSR count). The van der Waals surface area contributed by atoms with Crippen molar-refractivity contribution in [2.75, 3.05) is 20.2 Å². The average Bonchev–Trinajstić information content (AvgIpc) is 2.20. The lowest BCUT2D eigenvalue weighted by Crippen LogP contribution is -2.38. The van der Waals surface area contributed by atoms with Crippen LogP contribution in [0.5, 0.6) is 0 Å². The predicted octanol–water partition coefficient (Wildman–Crippen LogP) is 1.81. The maximum atomic E-state index is 10.9. The quantitative estimate of drug-likeness (QED) is 0.647. The van der Waals surface area contributed by atoms with Gasteiger partial charge < -0.3 is 9.64 Å². The number of carbonyl (C=O) groups excluding carboxylic acids is 1. The summed E-state index contributed by atoms with van der Waals surface area (Å²) < 4.78 is 4.61. The molecule has 1 aliphatic heterocycles. The summed E-state index contributed by atoms with van der Waals surface area (Å²) in [7, 11) is 1.45. The maximum absolute atomic E-state index is 10.9. The second-order valence-corrected chi connectivity index (χ2v) is 4.06. The molecule has 0 aliphatic carbocycles. The fourth-order valence-corrected chi connectivity index (χ4v) is 2.02. The minimum absolute atomic E-state index is 0.0883. The zero-order valence-electron chi connectivity index (χ0n) is 9.29. The number of likely N-dealkylation sites (tertiary alicyclic amines) is 1.